The van der Waals surface area contributed by atoms with E-state index in [4.69, 9.17) is 26.4 Å². The van der Waals surface area contributed by atoms with Gasteiger partial charge >= 0.3 is 7.12 Å². The molecule has 0 spiro atoms. The second-order valence-corrected chi connectivity index (χ2v) is 3.89. The highest BCUT2D eigenvalue weighted by Gasteiger charge is 2.22. The summed E-state index contributed by atoms with van der Waals surface area (Å²) in [5.74, 6) is 0.579. The second-order valence-electron chi connectivity index (χ2n) is 3.51. The highest BCUT2D eigenvalue weighted by molar-refractivity contribution is 6.63. The SMILES string of the molecule is OB(O)c1ccnc(N2CCOCC2)c1Cl. The summed E-state index contributed by atoms with van der Waals surface area (Å²) in [5, 5.41) is 18.5. The van der Waals surface area contributed by atoms with Gasteiger partial charge in [-0.2, -0.15) is 0 Å². The van der Waals surface area contributed by atoms with Gasteiger partial charge < -0.3 is 19.7 Å². The Labute approximate surface area is 98.8 Å². The van der Waals surface area contributed by atoms with Gasteiger partial charge in [0.2, 0.25) is 0 Å². The number of rotatable bonds is 2. The molecular weight excluding hydrogens is 230 g/mol. The normalized spacial score (nSPS) is 16.3. The molecule has 0 atom stereocenters. The van der Waals surface area contributed by atoms with Gasteiger partial charge in [-0.05, 0) is 6.07 Å². The molecule has 0 unspecified atom stereocenters. The van der Waals surface area contributed by atoms with Crippen LogP contribution in [0.25, 0.3) is 0 Å². The number of anilines is 1. The van der Waals surface area contributed by atoms with Gasteiger partial charge in [0.05, 0.1) is 18.2 Å². The van der Waals surface area contributed by atoms with Crippen molar-refractivity contribution >= 4 is 30.0 Å². The fraction of sp³-hybridized carbons (Fsp3) is 0.444. The molecule has 0 aromatic carbocycles. The lowest BCUT2D eigenvalue weighted by Crippen LogP contribution is -2.39. The van der Waals surface area contributed by atoms with E-state index < -0.39 is 7.12 Å². The highest BCUT2D eigenvalue weighted by atomic mass is 35.5. The van der Waals surface area contributed by atoms with Crippen molar-refractivity contribution in [1.82, 2.24) is 4.98 Å². The van der Waals surface area contributed by atoms with E-state index in [1.807, 2.05) is 4.90 Å². The molecule has 1 aliphatic rings. The van der Waals surface area contributed by atoms with E-state index in [1.54, 1.807) is 0 Å². The third-order valence-corrected chi connectivity index (χ3v) is 2.88. The average molecular weight is 242 g/mol. The summed E-state index contributed by atoms with van der Waals surface area (Å²) in [6.07, 6.45) is 1.52. The van der Waals surface area contributed by atoms with Crippen LogP contribution in [0.5, 0.6) is 0 Å². The van der Waals surface area contributed by atoms with Gasteiger partial charge in [0, 0.05) is 24.7 Å². The number of hydrogen-bond donors (Lipinski definition) is 2. The molecule has 86 valence electrons. The number of ether oxygens (including phenoxy) is 1. The fourth-order valence-electron chi connectivity index (χ4n) is 1.64. The number of aromatic nitrogens is 1. The molecule has 16 heavy (non-hydrogen) atoms. The van der Waals surface area contributed by atoms with E-state index in [0.29, 0.717) is 37.1 Å². The third kappa shape index (κ3) is 2.30. The van der Waals surface area contributed by atoms with Crippen LogP contribution in [0.3, 0.4) is 0 Å². The smallest absolute Gasteiger partial charge is 0.423 e. The molecule has 0 radical (unpaired) electrons. The van der Waals surface area contributed by atoms with Crippen molar-refractivity contribution in [2.45, 2.75) is 0 Å². The van der Waals surface area contributed by atoms with Crippen LogP contribution in [-0.4, -0.2) is 48.5 Å². The molecule has 2 rings (SSSR count). The van der Waals surface area contributed by atoms with Gasteiger partial charge in [0.25, 0.3) is 0 Å². The first kappa shape index (κ1) is 11.7. The third-order valence-electron chi connectivity index (χ3n) is 2.49. The zero-order chi connectivity index (χ0) is 11.5. The minimum absolute atomic E-state index is 0.276. The van der Waals surface area contributed by atoms with Crippen LogP contribution in [-0.2, 0) is 4.74 Å². The molecule has 1 fully saturated rings. The van der Waals surface area contributed by atoms with E-state index >= 15 is 0 Å². The topological polar surface area (TPSA) is 65.8 Å². The Morgan fingerprint density at radius 2 is 2.06 bits per heavy atom. The van der Waals surface area contributed by atoms with Gasteiger partial charge in [-0.25, -0.2) is 4.98 Å². The van der Waals surface area contributed by atoms with Crippen LogP contribution >= 0.6 is 11.6 Å². The molecule has 1 saturated heterocycles. The minimum atomic E-state index is -1.57. The van der Waals surface area contributed by atoms with Crippen molar-refractivity contribution in [3.63, 3.8) is 0 Å². The maximum absolute atomic E-state index is 9.13. The second kappa shape index (κ2) is 5.01. The number of halogens is 1. The van der Waals surface area contributed by atoms with Gasteiger partial charge in [-0.15, -0.1) is 0 Å². The lowest BCUT2D eigenvalue weighted by atomic mass is 9.81. The van der Waals surface area contributed by atoms with Crippen LogP contribution in [0.15, 0.2) is 12.3 Å². The van der Waals surface area contributed by atoms with E-state index in [-0.39, 0.29) is 5.46 Å². The van der Waals surface area contributed by atoms with Crippen molar-refractivity contribution in [3.05, 3.63) is 17.3 Å². The zero-order valence-electron chi connectivity index (χ0n) is 8.64. The molecule has 0 amide bonds. The Morgan fingerprint density at radius 1 is 1.38 bits per heavy atom. The van der Waals surface area contributed by atoms with Crippen LogP contribution in [0.4, 0.5) is 5.82 Å². The number of nitrogens with zero attached hydrogens (tertiary/aromatic N) is 2. The average Bonchev–Trinajstić information content (AvgIpc) is 2.30. The molecule has 0 bridgehead atoms. The predicted molar refractivity (Wildman–Crippen MR) is 62.1 cm³/mol. The maximum atomic E-state index is 9.13. The van der Waals surface area contributed by atoms with E-state index in [1.165, 1.54) is 12.3 Å². The Kier molecular flexibility index (Phi) is 3.65. The molecular formula is C9H12BClN2O3. The first-order chi connectivity index (χ1) is 7.70. The summed E-state index contributed by atoms with van der Waals surface area (Å²) in [6, 6.07) is 1.50. The summed E-state index contributed by atoms with van der Waals surface area (Å²) in [6.45, 7) is 2.67. The Balaban J connectivity index is 2.29. The monoisotopic (exact) mass is 242 g/mol. The molecule has 2 heterocycles. The van der Waals surface area contributed by atoms with Crippen LogP contribution in [0.1, 0.15) is 0 Å². The van der Waals surface area contributed by atoms with Crippen LogP contribution in [0.2, 0.25) is 5.02 Å². The van der Waals surface area contributed by atoms with Crippen molar-refractivity contribution in [2.75, 3.05) is 31.2 Å². The van der Waals surface area contributed by atoms with Gasteiger partial charge in [-0.1, -0.05) is 11.6 Å². The number of pyridine rings is 1. The summed E-state index contributed by atoms with van der Waals surface area (Å²) in [5.41, 5.74) is 0.276. The summed E-state index contributed by atoms with van der Waals surface area (Å²) < 4.78 is 5.23. The molecule has 2 N–H and O–H groups in total. The van der Waals surface area contributed by atoms with E-state index in [2.05, 4.69) is 4.98 Å². The molecule has 7 heteroatoms. The zero-order valence-corrected chi connectivity index (χ0v) is 9.39. The standard InChI is InChI=1S/C9H12BClN2O3/c11-8-7(10(14)15)1-2-12-9(8)13-3-5-16-6-4-13/h1-2,14-15H,3-6H2. The molecule has 0 saturated carbocycles. The molecule has 0 aliphatic carbocycles. The lowest BCUT2D eigenvalue weighted by Gasteiger charge is -2.28. The van der Waals surface area contributed by atoms with E-state index in [9.17, 15) is 0 Å². The highest BCUT2D eigenvalue weighted by Crippen LogP contribution is 2.21. The Morgan fingerprint density at radius 3 is 2.69 bits per heavy atom. The van der Waals surface area contributed by atoms with E-state index in [0.717, 1.165) is 0 Å². The van der Waals surface area contributed by atoms with Crippen LogP contribution in [0, 0.1) is 0 Å². The summed E-state index contributed by atoms with van der Waals surface area (Å²) in [4.78, 5) is 6.13. The van der Waals surface area contributed by atoms with Crippen molar-refractivity contribution < 1.29 is 14.8 Å². The number of morpholine rings is 1. The van der Waals surface area contributed by atoms with Crippen molar-refractivity contribution in [2.24, 2.45) is 0 Å². The summed E-state index contributed by atoms with van der Waals surface area (Å²) in [7, 11) is -1.57. The molecule has 5 nitrogen and oxygen atoms in total. The first-order valence-electron chi connectivity index (χ1n) is 5.03. The molecule has 1 aliphatic heterocycles. The van der Waals surface area contributed by atoms with Crippen molar-refractivity contribution in [1.29, 1.82) is 0 Å². The predicted octanol–water partition coefficient (Wildman–Crippen LogP) is -0.749. The first-order valence-corrected chi connectivity index (χ1v) is 5.41. The molecule has 1 aromatic heterocycles. The summed E-state index contributed by atoms with van der Waals surface area (Å²) >= 11 is 6.07. The minimum Gasteiger partial charge on any atom is -0.423 e. The number of hydrogen-bond acceptors (Lipinski definition) is 5. The largest absolute Gasteiger partial charge is 0.490 e. The quantitative estimate of drug-likeness (QED) is 0.668. The maximum Gasteiger partial charge on any atom is 0.490 e. The van der Waals surface area contributed by atoms with Gasteiger partial charge in [0.15, 0.2) is 0 Å². The van der Waals surface area contributed by atoms with Gasteiger partial charge in [0.1, 0.15) is 5.82 Å². The fourth-order valence-corrected chi connectivity index (χ4v) is 1.97. The lowest BCUT2D eigenvalue weighted by molar-refractivity contribution is 0.122. The molecule has 1 aromatic rings. The Hall–Kier alpha value is -0.815. The van der Waals surface area contributed by atoms with Crippen molar-refractivity contribution in [3.8, 4) is 0 Å². The Bertz CT molecular complexity index is 372. The van der Waals surface area contributed by atoms with Crippen LogP contribution < -0.4 is 10.4 Å². The van der Waals surface area contributed by atoms with Gasteiger partial charge in [-0.3, -0.25) is 0 Å².